The van der Waals surface area contributed by atoms with Gasteiger partial charge < -0.3 is 14.8 Å². The fourth-order valence-corrected chi connectivity index (χ4v) is 2.08. The minimum absolute atomic E-state index is 0.163. The van der Waals surface area contributed by atoms with E-state index in [1.165, 1.54) is 0 Å². The first kappa shape index (κ1) is 17.5. The number of ether oxygens (including phenoxy) is 2. The van der Waals surface area contributed by atoms with Gasteiger partial charge >= 0.3 is 5.97 Å². The highest BCUT2D eigenvalue weighted by molar-refractivity contribution is 5.94. The molecule has 0 unspecified atom stereocenters. The van der Waals surface area contributed by atoms with Gasteiger partial charge in [-0.15, -0.1) is 0 Å². The Balaban J connectivity index is 1.89. The van der Waals surface area contributed by atoms with Crippen molar-refractivity contribution in [2.75, 3.05) is 6.61 Å². The maximum absolute atomic E-state index is 12.1. The zero-order valence-corrected chi connectivity index (χ0v) is 13.8. The van der Waals surface area contributed by atoms with Gasteiger partial charge in [-0.2, -0.15) is 0 Å². The summed E-state index contributed by atoms with van der Waals surface area (Å²) in [6.45, 7) is 4.15. The van der Waals surface area contributed by atoms with Crippen LogP contribution in [-0.4, -0.2) is 24.6 Å². The quantitative estimate of drug-likeness (QED) is 0.794. The Morgan fingerprint density at radius 3 is 2.33 bits per heavy atom. The summed E-state index contributed by atoms with van der Waals surface area (Å²) in [6, 6.07) is 16.3. The minimum Gasteiger partial charge on any atom is -0.479 e. The van der Waals surface area contributed by atoms with Gasteiger partial charge in [0.1, 0.15) is 5.75 Å². The molecule has 0 bridgehead atoms. The molecule has 0 aliphatic heterocycles. The molecule has 0 spiro atoms. The van der Waals surface area contributed by atoms with Gasteiger partial charge in [-0.3, -0.25) is 4.79 Å². The molecule has 1 amide bonds. The van der Waals surface area contributed by atoms with E-state index in [-0.39, 0.29) is 5.91 Å². The molecule has 0 heterocycles. The molecular formula is C19H21NO4. The average Bonchev–Trinajstić information content (AvgIpc) is 2.61. The van der Waals surface area contributed by atoms with Gasteiger partial charge in [-0.25, -0.2) is 4.79 Å². The van der Waals surface area contributed by atoms with Crippen molar-refractivity contribution in [1.82, 2.24) is 5.32 Å². The lowest BCUT2D eigenvalue weighted by Crippen LogP contribution is -2.26. The Bertz CT molecular complexity index is 668. The number of esters is 1. The second-order valence-electron chi connectivity index (χ2n) is 5.20. The van der Waals surface area contributed by atoms with Crippen molar-refractivity contribution in [1.29, 1.82) is 0 Å². The van der Waals surface area contributed by atoms with Crippen LogP contribution >= 0.6 is 0 Å². The smallest absolute Gasteiger partial charge is 0.347 e. The van der Waals surface area contributed by atoms with Crippen LogP contribution < -0.4 is 10.1 Å². The summed E-state index contributed by atoms with van der Waals surface area (Å²) in [5.41, 5.74) is 1.57. The van der Waals surface area contributed by atoms with Gasteiger partial charge in [-0.1, -0.05) is 30.3 Å². The highest BCUT2D eigenvalue weighted by Crippen LogP contribution is 2.14. The molecule has 24 heavy (non-hydrogen) atoms. The topological polar surface area (TPSA) is 64.6 Å². The predicted octanol–water partition coefficient (Wildman–Crippen LogP) is 2.95. The minimum atomic E-state index is -0.692. The molecule has 0 saturated carbocycles. The van der Waals surface area contributed by atoms with Crippen molar-refractivity contribution in [2.45, 2.75) is 26.5 Å². The van der Waals surface area contributed by atoms with Crippen LogP contribution in [0.5, 0.6) is 5.75 Å². The molecule has 2 aromatic rings. The first-order chi connectivity index (χ1) is 11.6. The SMILES string of the molecule is CCOC(=O)[C@H](C)Oc1ccc(C(=O)NCc2ccccc2)cc1. The number of carbonyl (C=O) groups excluding carboxylic acids is 2. The van der Waals surface area contributed by atoms with Crippen molar-refractivity contribution >= 4 is 11.9 Å². The summed E-state index contributed by atoms with van der Waals surface area (Å²) < 4.78 is 10.4. The third-order valence-corrected chi connectivity index (χ3v) is 3.34. The fourth-order valence-electron chi connectivity index (χ4n) is 2.08. The van der Waals surface area contributed by atoms with E-state index in [1.807, 2.05) is 30.3 Å². The molecule has 5 heteroatoms. The highest BCUT2D eigenvalue weighted by atomic mass is 16.6. The summed E-state index contributed by atoms with van der Waals surface area (Å²) in [4.78, 5) is 23.6. The van der Waals surface area contributed by atoms with Crippen LogP contribution in [-0.2, 0) is 16.1 Å². The van der Waals surface area contributed by atoms with E-state index in [0.717, 1.165) is 5.56 Å². The Morgan fingerprint density at radius 2 is 1.71 bits per heavy atom. The molecule has 0 saturated heterocycles. The number of hydrogen-bond donors (Lipinski definition) is 1. The molecule has 2 aromatic carbocycles. The second kappa shape index (κ2) is 8.72. The van der Waals surface area contributed by atoms with Crippen molar-refractivity contribution in [3.8, 4) is 5.75 Å². The molecule has 5 nitrogen and oxygen atoms in total. The van der Waals surface area contributed by atoms with Crippen LogP contribution in [0.4, 0.5) is 0 Å². The Kier molecular flexibility index (Phi) is 6.37. The number of hydrogen-bond acceptors (Lipinski definition) is 4. The average molecular weight is 327 g/mol. The molecule has 0 aromatic heterocycles. The van der Waals surface area contributed by atoms with E-state index in [4.69, 9.17) is 9.47 Å². The first-order valence-corrected chi connectivity index (χ1v) is 7.85. The normalized spacial score (nSPS) is 11.4. The number of amides is 1. The van der Waals surface area contributed by atoms with Crippen LogP contribution in [0.2, 0.25) is 0 Å². The van der Waals surface area contributed by atoms with Gasteiger partial charge in [0, 0.05) is 12.1 Å². The molecule has 126 valence electrons. The second-order valence-corrected chi connectivity index (χ2v) is 5.20. The van der Waals surface area contributed by atoms with Gasteiger partial charge in [0.05, 0.1) is 6.61 Å². The zero-order valence-electron chi connectivity index (χ0n) is 13.8. The Morgan fingerprint density at radius 1 is 1.04 bits per heavy atom. The molecule has 0 radical (unpaired) electrons. The van der Waals surface area contributed by atoms with E-state index < -0.39 is 12.1 Å². The largest absolute Gasteiger partial charge is 0.479 e. The van der Waals surface area contributed by atoms with Gasteiger partial charge in [0.25, 0.3) is 5.91 Å². The lowest BCUT2D eigenvalue weighted by atomic mass is 10.2. The van der Waals surface area contributed by atoms with E-state index in [2.05, 4.69) is 5.32 Å². The monoisotopic (exact) mass is 327 g/mol. The predicted molar refractivity (Wildman–Crippen MR) is 90.8 cm³/mol. The number of rotatable bonds is 7. The number of benzene rings is 2. The van der Waals surface area contributed by atoms with Crippen LogP contribution in [0.15, 0.2) is 54.6 Å². The summed E-state index contributed by atoms with van der Waals surface area (Å²) in [5.74, 6) is -0.0683. The number of nitrogens with one attached hydrogen (secondary N) is 1. The van der Waals surface area contributed by atoms with Crippen LogP contribution in [0.3, 0.4) is 0 Å². The first-order valence-electron chi connectivity index (χ1n) is 7.85. The lowest BCUT2D eigenvalue weighted by Gasteiger charge is -2.13. The molecular weight excluding hydrogens is 306 g/mol. The lowest BCUT2D eigenvalue weighted by molar-refractivity contribution is -0.150. The Hall–Kier alpha value is -2.82. The van der Waals surface area contributed by atoms with Crippen molar-refractivity contribution in [3.05, 3.63) is 65.7 Å². The maximum atomic E-state index is 12.1. The van der Waals surface area contributed by atoms with Crippen LogP contribution in [0.25, 0.3) is 0 Å². The summed E-state index contributed by atoms with van der Waals surface area (Å²) in [6.07, 6.45) is -0.692. The maximum Gasteiger partial charge on any atom is 0.347 e. The summed E-state index contributed by atoms with van der Waals surface area (Å²) >= 11 is 0. The van der Waals surface area contributed by atoms with Crippen molar-refractivity contribution < 1.29 is 19.1 Å². The molecule has 1 atom stereocenters. The van der Waals surface area contributed by atoms with Gasteiger partial charge in [0.2, 0.25) is 0 Å². The van der Waals surface area contributed by atoms with Crippen molar-refractivity contribution in [3.63, 3.8) is 0 Å². The highest BCUT2D eigenvalue weighted by Gasteiger charge is 2.15. The van der Waals surface area contributed by atoms with Crippen LogP contribution in [0, 0.1) is 0 Å². The number of carbonyl (C=O) groups is 2. The van der Waals surface area contributed by atoms with Gasteiger partial charge in [0.15, 0.2) is 6.10 Å². The molecule has 1 N–H and O–H groups in total. The van der Waals surface area contributed by atoms with E-state index >= 15 is 0 Å². The molecule has 0 aliphatic carbocycles. The van der Waals surface area contributed by atoms with E-state index in [9.17, 15) is 9.59 Å². The zero-order chi connectivity index (χ0) is 17.4. The molecule has 0 aliphatic rings. The third kappa shape index (κ3) is 5.12. The Labute approximate surface area is 141 Å². The summed E-state index contributed by atoms with van der Waals surface area (Å²) in [5, 5.41) is 2.86. The van der Waals surface area contributed by atoms with E-state index in [1.54, 1.807) is 38.1 Å². The standard InChI is InChI=1S/C19H21NO4/c1-3-23-19(22)14(2)24-17-11-9-16(10-12-17)18(21)20-13-15-7-5-4-6-8-15/h4-12,14H,3,13H2,1-2H3,(H,20,21)/t14-/m0/s1. The fraction of sp³-hybridized carbons (Fsp3) is 0.263. The molecule has 2 rings (SSSR count). The molecule has 0 fully saturated rings. The van der Waals surface area contributed by atoms with E-state index in [0.29, 0.717) is 24.5 Å². The van der Waals surface area contributed by atoms with Crippen LogP contribution in [0.1, 0.15) is 29.8 Å². The summed E-state index contributed by atoms with van der Waals surface area (Å²) in [7, 11) is 0. The van der Waals surface area contributed by atoms with Gasteiger partial charge in [-0.05, 0) is 43.7 Å². The van der Waals surface area contributed by atoms with Crippen molar-refractivity contribution in [2.24, 2.45) is 0 Å². The third-order valence-electron chi connectivity index (χ3n) is 3.34.